The van der Waals surface area contributed by atoms with E-state index in [9.17, 15) is 0 Å². The number of piperidine rings is 1. The van der Waals surface area contributed by atoms with E-state index < -0.39 is 0 Å². The number of hydrogen-bond acceptors (Lipinski definition) is 2. The van der Waals surface area contributed by atoms with Gasteiger partial charge in [0.2, 0.25) is 0 Å². The first-order valence-corrected chi connectivity index (χ1v) is 7.88. The van der Waals surface area contributed by atoms with Crippen LogP contribution in [-0.2, 0) is 4.74 Å². The van der Waals surface area contributed by atoms with Gasteiger partial charge in [-0.15, -0.1) is 24.0 Å². The van der Waals surface area contributed by atoms with E-state index in [4.69, 9.17) is 9.73 Å². The molecule has 4 nitrogen and oxygen atoms in total. The predicted octanol–water partition coefficient (Wildman–Crippen LogP) is 3.12. The smallest absolute Gasteiger partial charge is 0.193 e. The fourth-order valence-electron chi connectivity index (χ4n) is 2.29. The van der Waals surface area contributed by atoms with Crippen LogP contribution in [0, 0.1) is 5.92 Å². The van der Waals surface area contributed by atoms with Gasteiger partial charge in [-0.25, -0.2) is 0 Å². The van der Waals surface area contributed by atoms with Gasteiger partial charge in [0.15, 0.2) is 5.96 Å². The summed E-state index contributed by atoms with van der Waals surface area (Å²) in [6, 6.07) is 0. The standard InChI is InChI=1S/C15H31N3O.HI/c1-4-16-15(17-10-6-7-13-19-5-2)18-11-8-14(3)9-12-18;/h14H,4-13H2,1-3H3,(H,16,17);1H. The molecule has 1 fully saturated rings. The molecule has 0 bridgehead atoms. The molecule has 0 saturated carbocycles. The predicted molar refractivity (Wildman–Crippen MR) is 97.1 cm³/mol. The van der Waals surface area contributed by atoms with Crippen molar-refractivity contribution >= 4 is 29.9 Å². The summed E-state index contributed by atoms with van der Waals surface area (Å²) >= 11 is 0. The monoisotopic (exact) mass is 397 g/mol. The minimum absolute atomic E-state index is 0. The van der Waals surface area contributed by atoms with Gasteiger partial charge in [-0.1, -0.05) is 6.92 Å². The Morgan fingerprint density at radius 1 is 1.25 bits per heavy atom. The van der Waals surface area contributed by atoms with Crippen LogP contribution >= 0.6 is 24.0 Å². The van der Waals surface area contributed by atoms with Crippen molar-refractivity contribution in [3.63, 3.8) is 0 Å². The Morgan fingerprint density at radius 3 is 2.55 bits per heavy atom. The average molecular weight is 397 g/mol. The quantitative estimate of drug-likeness (QED) is 0.311. The lowest BCUT2D eigenvalue weighted by molar-refractivity contribution is 0.144. The van der Waals surface area contributed by atoms with Crippen LogP contribution in [0.1, 0.15) is 46.5 Å². The average Bonchev–Trinajstić information content (AvgIpc) is 2.42. The van der Waals surface area contributed by atoms with Crippen molar-refractivity contribution in [2.45, 2.75) is 46.5 Å². The minimum Gasteiger partial charge on any atom is -0.382 e. The Balaban J connectivity index is 0.00000361. The number of ether oxygens (including phenoxy) is 1. The molecule has 0 spiro atoms. The van der Waals surface area contributed by atoms with Gasteiger partial charge >= 0.3 is 0 Å². The Hall–Kier alpha value is -0.0400. The van der Waals surface area contributed by atoms with Crippen molar-refractivity contribution < 1.29 is 4.74 Å². The van der Waals surface area contributed by atoms with E-state index in [1.165, 1.54) is 12.8 Å². The van der Waals surface area contributed by atoms with E-state index in [1.54, 1.807) is 0 Å². The fourth-order valence-corrected chi connectivity index (χ4v) is 2.29. The van der Waals surface area contributed by atoms with Crippen LogP contribution < -0.4 is 5.32 Å². The van der Waals surface area contributed by atoms with Gasteiger partial charge in [0.25, 0.3) is 0 Å². The molecule has 0 aromatic carbocycles. The molecule has 1 aliphatic heterocycles. The molecule has 120 valence electrons. The number of guanidine groups is 1. The SMILES string of the molecule is CCNC(=NCCCCOCC)N1CCC(C)CC1.I. The molecule has 1 rings (SSSR count). The molecule has 20 heavy (non-hydrogen) atoms. The summed E-state index contributed by atoms with van der Waals surface area (Å²) in [6.07, 6.45) is 4.79. The van der Waals surface area contributed by atoms with Crippen LogP contribution in [0.4, 0.5) is 0 Å². The summed E-state index contributed by atoms with van der Waals surface area (Å²) in [5, 5.41) is 3.41. The van der Waals surface area contributed by atoms with Gasteiger partial charge in [0.1, 0.15) is 0 Å². The van der Waals surface area contributed by atoms with Gasteiger partial charge in [-0.3, -0.25) is 4.99 Å². The Kier molecular flexibility index (Phi) is 12.7. The fraction of sp³-hybridized carbons (Fsp3) is 0.933. The zero-order valence-electron chi connectivity index (χ0n) is 13.4. The van der Waals surface area contributed by atoms with Crippen LogP contribution in [0.25, 0.3) is 0 Å². The van der Waals surface area contributed by atoms with Crippen molar-refractivity contribution in [2.24, 2.45) is 10.9 Å². The molecule has 1 saturated heterocycles. The molecule has 0 aromatic rings. The Labute approximate surface area is 141 Å². The number of aliphatic imine (C=N–C) groups is 1. The second-order valence-electron chi connectivity index (χ2n) is 5.31. The van der Waals surface area contributed by atoms with E-state index in [0.717, 1.165) is 64.1 Å². The lowest BCUT2D eigenvalue weighted by Crippen LogP contribution is -2.45. The normalized spacial score (nSPS) is 16.9. The topological polar surface area (TPSA) is 36.9 Å². The first-order valence-electron chi connectivity index (χ1n) is 7.88. The maximum Gasteiger partial charge on any atom is 0.193 e. The highest BCUT2D eigenvalue weighted by atomic mass is 127. The largest absolute Gasteiger partial charge is 0.382 e. The summed E-state index contributed by atoms with van der Waals surface area (Å²) in [7, 11) is 0. The van der Waals surface area contributed by atoms with Crippen molar-refractivity contribution in [1.82, 2.24) is 10.2 Å². The highest BCUT2D eigenvalue weighted by Gasteiger charge is 2.18. The minimum atomic E-state index is 0. The molecule has 1 N–H and O–H groups in total. The molecule has 0 atom stereocenters. The highest BCUT2D eigenvalue weighted by molar-refractivity contribution is 14.0. The van der Waals surface area contributed by atoms with Crippen molar-refractivity contribution in [3.05, 3.63) is 0 Å². The summed E-state index contributed by atoms with van der Waals surface area (Å²) in [5.41, 5.74) is 0. The molecule has 5 heteroatoms. The van der Waals surface area contributed by atoms with Crippen LogP contribution in [0.2, 0.25) is 0 Å². The van der Waals surface area contributed by atoms with Gasteiger partial charge in [0.05, 0.1) is 0 Å². The van der Waals surface area contributed by atoms with Crippen LogP contribution in [0.5, 0.6) is 0 Å². The van der Waals surface area contributed by atoms with E-state index in [2.05, 4.69) is 24.1 Å². The van der Waals surface area contributed by atoms with Crippen molar-refractivity contribution in [2.75, 3.05) is 39.4 Å². The second-order valence-corrected chi connectivity index (χ2v) is 5.31. The molecule has 0 unspecified atom stereocenters. The van der Waals surface area contributed by atoms with E-state index in [0.29, 0.717) is 0 Å². The summed E-state index contributed by atoms with van der Waals surface area (Å²) in [6.45, 7) is 12.3. The maximum atomic E-state index is 5.34. The zero-order chi connectivity index (χ0) is 13.9. The summed E-state index contributed by atoms with van der Waals surface area (Å²) in [4.78, 5) is 7.14. The van der Waals surface area contributed by atoms with Gasteiger partial charge in [-0.2, -0.15) is 0 Å². The van der Waals surface area contributed by atoms with Crippen molar-refractivity contribution in [3.8, 4) is 0 Å². The van der Waals surface area contributed by atoms with E-state index in [-0.39, 0.29) is 24.0 Å². The van der Waals surface area contributed by atoms with Crippen LogP contribution in [-0.4, -0.2) is 50.3 Å². The summed E-state index contributed by atoms with van der Waals surface area (Å²) in [5.74, 6) is 1.97. The van der Waals surface area contributed by atoms with Crippen molar-refractivity contribution in [1.29, 1.82) is 0 Å². The lowest BCUT2D eigenvalue weighted by Gasteiger charge is -2.33. The van der Waals surface area contributed by atoms with Crippen LogP contribution in [0.15, 0.2) is 4.99 Å². The molecule has 0 radical (unpaired) electrons. The maximum absolute atomic E-state index is 5.34. The molecule has 1 aliphatic rings. The van der Waals surface area contributed by atoms with E-state index >= 15 is 0 Å². The lowest BCUT2D eigenvalue weighted by atomic mass is 10.00. The number of hydrogen-bond donors (Lipinski definition) is 1. The van der Waals surface area contributed by atoms with Gasteiger partial charge in [-0.05, 0) is 45.4 Å². The summed E-state index contributed by atoms with van der Waals surface area (Å²) < 4.78 is 5.34. The molecule has 0 amide bonds. The second kappa shape index (κ2) is 12.7. The van der Waals surface area contributed by atoms with E-state index in [1.807, 2.05) is 6.92 Å². The third-order valence-corrected chi connectivity index (χ3v) is 3.58. The number of unbranched alkanes of at least 4 members (excludes halogenated alkanes) is 1. The number of nitrogens with zero attached hydrogens (tertiary/aromatic N) is 2. The van der Waals surface area contributed by atoms with Crippen LogP contribution in [0.3, 0.4) is 0 Å². The first-order chi connectivity index (χ1) is 9.27. The third-order valence-electron chi connectivity index (χ3n) is 3.58. The number of rotatable bonds is 7. The van der Waals surface area contributed by atoms with Gasteiger partial charge < -0.3 is 15.0 Å². The first kappa shape index (κ1) is 20.0. The molecule has 0 aromatic heterocycles. The molecular weight excluding hydrogens is 365 g/mol. The Morgan fingerprint density at radius 2 is 1.95 bits per heavy atom. The number of halogens is 1. The molecular formula is C15H32IN3O. The highest BCUT2D eigenvalue weighted by Crippen LogP contribution is 2.15. The Bertz CT molecular complexity index is 254. The third kappa shape index (κ3) is 8.29. The molecule has 1 heterocycles. The van der Waals surface area contributed by atoms with Gasteiger partial charge in [0, 0.05) is 39.4 Å². The zero-order valence-corrected chi connectivity index (χ0v) is 15.7. The number of likely N-dealkylation sites (tertiary alicyclic amines) is 1. The number of nitrogens with one attached hydrogen (secondary N) is 1. The molecule has 0 aliphatic carbocycles.